The number of furan rings is 1. The molecule has 0 bridgehead atoms. The van der Waals surface area contributed by atoms with E-state index >= 15 is 0 Å². The molecule has 0 aliphatic rings. The number of nitrogen functional groups attached to an aromatic ring is 1. The van der Waals surface area contributed by atoms with Gasteiger partial charge in [-0.25, -0.2) is 4.98 Å². The molecule has 0 aromatic carbocycles. The number of nitrogens with two attached hydrogens (primary N) is 1. The van der Waals surface area contributed by atoms with Gasteiger partial charge in [0.2, 0.25) is 0 Å². The lowest BCUT2D eigenvalue weighted by Gasteiger charge is -2.09. The summed E-state index contributed by atoms with van der Waals surface area (Å²) in [5.41, 5.74) is 4.86. The van der Waals surface area contributed by atoms with Gasteiger partial charge in [0, 0.05) is 4.90 Å². The summed E-state index contributed by atoms with van der Waals surface area (Å²) in [5, 5.41) is 0. The van der Waals surface area contributed by atoms with Gasteiger partial charge in [0.25, 0.3) is 0 Å². The largest absolute Gasteiger partial charge is 0.468 e. The molecule has 0 unspecified atom stereocenters. The Morgan fingerprint density at radius 2 is 2.06 bits per heavy atom. The van der Waals surface area contributed by atoms with Crippen LogP contribution in [-0.4, -0.2) is 4.98 Å². The van der Waals surface area contributed by atoms with Gasteiger partial charge in [-0.3, -0.25) is 0 Å². The quantitative estimate of drug-likeness (QED) is 0.906. The molecule has 18 heavy (non-hydrogen) atoms. The monoisotopic (exact) mass is 274 g/mol. The number of halogens is 3. The van der Waals surface area contributed by atoms with Gasteiger partial charge in [-0.1, -0.05) is 11.8 Å². The average molecular weight is 274 g/mol. The minimum absolute atomic E-state index is 0.202. The highest BCUT2D eigenvalue weighted by atomic mass is 32.2. The highest BCUT2D eigenvalue weighted by Gasteiger charge is 2.33. The molecule has 0 aliphatic heterocycles. The molecule has 0 aliphatic carbocycles. The standard InChI is InChI=1S/C11H9F3N2OS/c1-6-8(2-3-17-6)18-9-4-10(11(12,13)14)16-5-7(9)15/h2-5H,15H2,1H3. The molecule has 0 fully saturated rings. The fourth-order valence-electron chi connectivity index (χ4n) is 1.29. The van der Waals surface area contributed by atoms with E-state index in [0.29, 0.717) is 10.7 Å². The van der Waals surface area contributed by atoms with Crippen LogP contribution in [0.4, 0.5) is 18.9 Å². The molecule has 0 radical (unpaired) electrons. The summed E-state index contributed by atoms with van der Waals surface area (Å²) >= 11 is 1.12. The van der Waals surface area contributed by atoms with Crippen molar-refractivity contribution in [1.29, 1.82) is 0 Å². The molecule has 2 N–H and O–H groups in total. The topological polar surface area (TPSA) is 52.0 Å². The Labute approximate surface area is 105 Å². The molecule has 0 saturated carbocycles. The SMILES string of the molecule is Cc1occc1Sc1cc(C(F)(F)F)ncc1N. The zero-order chi connectivity index (χ0) is 13.3. The molecule has 2 aromatic heterocycles. The van der Waals surface area contributed by atoms with Crippen molar-refractivity contribution in [2.45, 2.75) is 22.9 Å². The van der Waals surface area contributed by atoms with Gasteiger partial charge in [-0.05, 0) is 19.1 Å². The molecule has 0 amide bonds. The first kappa shape index (κ1) is 12.8. The summed E-state index contributed by atoms with van der Waals surface area (Å²) in [6, 6.07) is 2.61. The predicted molar refractivity (Wildman–Crippen MR) is 61.2 cm³/mol. The summed E-state index contributed by atoms with van der Waals surface area (Å²) in [4.78, 5) is 4.31. The number of alkyl halides is 3. The van der Waals surface area contributed by atoms with Crippen LogP contribution in [0.1, 0.15) is 11.5 Å². The minimum atomic E-state index is -4.48. The zero-order valence-electron chi connectivity index (χ0n) is 9.28. The second-order valence-corrected chi connectivity index (χ2v) is 4.63. The van der Waals surface area contributed by atoms with Gasteiger partial charge in [0.1, 0.15) is 11.5 Å². The van der Waals surface area contributed by atoms with Crippen molar-refractivity contribution in [2.75, 3.05) is 5.73 Å². The molecule has 7 heteroatoms. The van der Waals surface area contributed by atoms with Crippen LogP contribution in [-0.2, 0) is 6.18 Å². The summed E-state index contributed by atoms with van der Waals surface area (Å²) in [5.74, 6) is 0.629. The number of pyridine rings is 1. The van der Waals surface area contributed by atoms with E-state index < -0.39 is 11.9 Å². The van der Waals surface area contributed by atoms with Crippen LogP contribution in [0.15, 0.2) is 38.8 Å². The summed E-state index contributed by atoms with van der Waals surface area (Å²) in [6.07, 6.45) is -1.99. The fourth-order valence-corrected chi connectivity index (χ4v) is 2.18. The van der Waals surface area contributed by atoms with Crippen LogP contribution in [0.5, 0.6) is 0 Å². The normalized spacial score (nSPS) is 11.8. The summed E-state index contributed by atoms with van der Waals surface area (Å²) in [6.45, 7) is 1.73. The van der Waals surface area contributed by atoms with Crippen LogP contribution in [0, 0.1) is 6.92 Å². The highest BCUT2D eigenvalue weighted by Crippen LogP contribution is 2.37. The smallest absolute Gasteiger partial charge is 0.433 e. The first-order chi connectivity index (χ1) is 8.38. The van der Waals surface area contributed by atoms with Crippen molar-refractivity contribution in [3.63, 3.8) is 0 Å². The molecular formula is C11H9F3N2OS. The van der Waals surface area contributed by atoms with Crippen LogP contribution in [0.3, 0.4) is 0 Å². The van der Waals surface area contributed by atoms with E-state index in [9.17, 15) is 13.2 Å². The van der Waals surface area contributed by atoms with Crippen molar-refractivity contribution in [1.82, 2.24) is 4.98 Å². The maximum atomic E-state index is 12.5. The van der Waals surface area contributed by atoms with Gasteiger partial charge >= 0.3 is 6.18 Å². The molecule has 96 valence electrons. The third kappa shape index (κ3) is 2.61. The van der Waals surface area contributed by atoms with Crippen molar-refractivity contribution in [3.05, 3.63) is 36.0 Å². The second kappa shape index (κ2) is 4.56. The second-order valence-electron chi connectivity index (χ2n) is 3.55. The summed E-state index contributed by atoms with van der Waals surface area (Å²) in [7, 11) is 0. The maximum Gasteiger partial charge on any atom is 0.433 e. The fraction of sp³-hybridized carbons (Fsp3) is 0.182. The van der Waals surface area contributed by atoms with Crippen LogP contribution < -0.4 is 5.73 Å². The lowest BCUT2D eigenvalue weighted by Crippen LogP contribution is -2.08. The molecule has 0 atom stereocenters. The van der Waals surface area contributed by atoms with Gasteiger partial charge in [0.05, 0.1) is 23.0 Å². The third-order valence-corrected chi connectivity index (χ3v) is 3.43. The molecule has 2 heterocycles. The van der Waals surface area contributed by atoms with E-state index in [1.54, 1.807) is 13.0 Å². The number of hydrogen-bond donors (Lipinski definition) is 1. The Bertz CT molecular complexity index is 566. The van der Waals surface area contributed by atoms with Crippen LogP contribution >= 0.6 is 11.8 Å². The predicted octanol–water partition coefficient (Wildman–Crippen LogP) is 3.74. The number of aryl methyl sites for hydroxylation is 1. The Morgan fingerprint density at radius 1 is 1.33 bits per heavy atom. The van der Waals surface area contributed by atoms with Gasteiger partial charge in [-0.2, -0.15) is 13.2 Å². The van der Waals surface area contributed by atoms with Crippen LogP contribution in [0.2, 0.25) is 0 Å². The van der Waals surface area contributed by atoms with Crippen molar-refractivity contribution >= 4 is 17.4 Å². The Hall–Kier alpha value is -1.63. The Kier molecular flexibility index (Phi) is 3.25. The molecule has 3 nitrogen and oxygen atoms in total. The summed E-state index contributed by atoms with van der Waals surface area (Å²) < 4.78 is 42.7. The van der Waals surface area contributed by atoms with E-state index in [2.05, 4.69) is 4.98 Å². The Balaban J connectivity index is 2.36. The first-order valence-corrected chi connectivity index (χ1v) is 5.74. The van der Waals surface area contributed by atoms with Gasteiger partial charge < -0.3 is 10.2 Å². The van der Waals surface area contributed by atoms with E-state index in [1.807, 2.05) is 0 Å². The maximum absolute atomic E-state index is 12.5. The zero-order valence-corrected chi connectivity index (χ0v) is 10.1. The molecule has 0 saturated heterocycles. The lowest BCUT2D eigenvalue weighted by atomic mass is 10.3. The number of anilines is 1. The first-order valence-electron chi connectivity index (χ1n) is 4.92. The lowest BCUT2D eigenvalue weighted by molar-refractivity contribution is -0.141. The molecule has 2 rings (SSSR count). The third-order valence-electron chi connectivity index (χ3n) is 2.22. The molecule has 2 aromatic rings. The van der Waals surface area contributed by atoms with Gasteiger partial charge in [0.15, 0.2) is 0 Å². The number of nitrogens with zero attached hydrogens (tertiary/aromatic N) is 1. The molecule has 0 spiro atoms. The van der Waals surface area contributed by atoms with Crippen molar-refractivity contribution < 1.29 is 17.6 Å². The van der Waals surface area contributed by atoms with E-state index in [4.69, 9.17) is 10.2 Å². The van der Waals surface area contributed by atoms with E-state index in [0.717, 1.165) is 28.9 Å². The minimum Gasteiger partial charge on any atom is -0.468 e. The average Bonchev–Trinajstić information content (AvgIpc) is 2.66. The van der Waals surface area contributed by atoms with Crippen molar-refractivity contribution in [2.24, 2.45) is 0 Å². The Morgan fingerprint density at radius 3 is 2.61 bits per heavy atom. The number of rotatable bonds is 2. The van der Waals surface area contributed by atoms with Crippen LogP contribution in [0.25, 0.3) is 0 Å². The molecular weight excluding hydrogens is 265 g/mol. The van der Waals surface area contributed by atoms with Gasteiger partial charge in [-0.15, -0.1) is 0 Å². The highest BCUT2D eigenvalue weighted by molar-refractivity contribution is 7.99. The van der Waals surface area contributed by atoms with E-state index in [-0.39, 0.29) is 5.69 Å². The number of hydrogen-bond acceptors (Lipinski definition) is 4. The van der Waals surface area contributed by atoms with E-state index in [1.165, 1.54) is 6.26 Å². The van der Waals surface area contributed by atoms with Crippen molar-refractivity contribution in [3.8, 4) is 0 Å². The number of aromatic nitrogens is 1.